The second kappa shape index (κ2) is 7.13. The van der Waals surface area contributed by atoms with Crippen LogP contribution in [0.3, 0.4) is 0 Å². The van der Waals surface area contributed by atoms with Gasteiger partial charge in [-0.25, -0.2) is 14.8 Å². The van der Waals surface area contributed by atoms with Gasteiger partial charge in [-0.3, -0.25) is 0 Å². The van der Waals surface area contributed by atoms with Gasteiger partial charge in [-0.2, -0.15) is 0 Å². The molecule has 0 saturated heterocycles. The van der Waals surface area contributed by atoms with Gasteiger partial charge in [0.15, 0.2) is 11.3 Å². The molecule has 0 saturated carbocycles. The predicted octanol–water partition coefficient (Wildman–Crippen LogP) is 4.80. The lowest BCUT2D eigenvalue weighted by Gasteiger charge is -2.10. The first kappa shape index (κ1) is 18.3. The van der Waals surface area contributed by atoms with Crippen LogP contribution in [0.1, 0.15) is 27.4 Å². The van der Waals surface area contributed by atoms with Crippen molar-refractivity contribution in [2.45, 2.75) is 20.4 Å². The summed E-state index contributed by atoms with van der Waals surface area (Å²) in [5, 5.41) is 0.621. The van der Waals surface area contributed by atoms with Crippen LogP contribution in [0.2, 0.25) is 5.02 Å². The van der Waals surface area contributed by atoms with Crippen LogP contribution >= 0.6 is 11.6 Å². The zero-order valence-corrected chi connectivity index (χ0v) is 16.4. The van der Waals surface area contributed by atoms with Gasteiger partial charge in [0.05, 0.1) is 19.9 Å². The minimum absolute atomic E-state index is 0.257. The number of nitrogens with zero attached hydrogens (tertiary/aromatic N) is 3. The van der Waals surface area contributed by atoms with E-state index in [9.17, 15) is 4.79 Å². The number of hydrogen-bond donors (Lipinski definition) is 0. The van der Waals surface area contributed by atoms with Gasteiger partial charge in [0, 0.05) is 10.6 Å². The van der Waals surface area contributed by atoms with E-state index in [4.69, 9.17) is 20.8 Å². The van der Waals surface area contributed by atoms with Crippen molar-refractivity contribution in [2.24, 2.45) is 0 Å². The molecule has 0 fully saturated rings. The molecule has 7 heteroatoms. The fourth-order valence-corrected chi connectivity index (χ4v) is 3.43. The zero-order chi connectivity index (χ0) is 19.8. The Bertz CT molecular complexity index is 1180. The standard InChI is InChI=1S/C21H18ClN3O3/c1-12-9-17(21(26)27-3)24-20-19(12)23-13(2)25(20)11-15-7-6-14(10-16(15)22)18-5-4-8-28-18/h4-10H,11H2,1-3H3. The number of carbonyl (C=O) groups excluding carboxylic acids is 1. The minimum Gasteiger partial charge on any atom is -0.464 e. The van der Waals surface area contributed by atoms with Crippen LogP contribution in [-0.2, 0) is 11.3 Å². The Balaban J connectivity index is 1.76. The summed E-state index contributed by atoms with van der Waals surface area (Å²) in [6, 6.07) is 11.2. The number of benzene rings is 1. The number of esters is 1. The van der Waals surface area contributed by atoms with Gasteiger partial charge in [-0.1, -0.05) is 23.7 Å². The quantitative estimate of drug-likeness (QED) is 0.464. The summed E-state index contributed by atoms with van der Waals surface area (Å²) in [6.07, 6.45) is 1.63. The van der Waals surface area contributed by atoms with Crippen LogP contribution in [0.25, 0.3) is 22.5 Å². The van der Waals surface area contributed by atoms with Crippen molar-refractivity contribution in [2.75, 3.05) is 7.11 Å². The SMILES string of the molecule is COC(=O)c1cc(C)c2nc(C)n(Cc3ccc(-c4ccco4)cc3Cl)c2n1. The maximum atomic E-state index is 11.9. The molecular formula is C21H18ClN3O3. The van der Waals surface area contributed by atoms with Crippen molar-refractivity contribution in [3.05, 3.63) is 70.3 Å². The lowest BCUT2D eigenvalue weighted by Crippen LogP contribution is -2.08. The average Bonchev–Trinajstić information content (AvgIpc) is 3.32. The molecule has 0 aliphatic heterocycles. The van der Waals surface area contributed by atoms with Gasteiger partial charge in [-0.05, 0) is 49.2 Å². The van der Waals surface area contributed by atoms with Crippen molar-refractivity contribution in [1.29, 1.82) is 0 Å². The van der Waals surface area contributed by atoms with E-state index in [-0.39, 0.29) is 5.69 Å². The first-order valence-corrected chi connectivity index (χ1v) is 9.11. The molecule has 0 spiro atoms. The number of halogens is 1. The number of rotatable bonds is 4. The minimum atomic E-state index is -0.476. The Hall–Kier alpha value is -3.12. The maximum absolute atomic E-state index is 11.9. The summed E-state index contributed by atoms with van der Waals surface area (Å²) in [5.41, 5.74) is 4.34. The molecule has 28 heavy (non-hydrogen) atoms. The molecule has 1 aromatic carbocycles. The Morgan fingerprint density at radius 3 is 2.71 bits per heavy atom. The Morgan fingerprint density at radius 2 is 2.04 bits per heavy atom. The van der Waals surface area contributed by atoms with Gasteiger partial charge < -0.3 is 13.7 Å². The van der Waals surface area contributed by atoms with E-state index in [1.165, 1.54) is 7.11 Å². The molecule has 0 atom stereocenters. The molecular weight excluding hydrogens is 378 g/mol. The number of hydrogen-bond acceptors (Lipinski definition) is 5. The summed E-state index contributed by atoms with van der Waals surface area (Å²) in [6.45, 7) is 4.29. The third-order valence-corrected chi connectivity index (χ3v) is 5.02. The van der Waals surface area contributed by atoms with Crippen molar-refractivity contribution >= 4 is 28.7 Å². The van der Waals surface area contributed by atoms with Crippen molar-refractivity contribution in [3.8, 4) is 11.3 Å². The molecule has 0 N–H and O–H groups in total. The lowest BCUT2D eigenvalue weighted by molar-refractivity contribution is 0.0594. The van der Waals surface area contributed by atoms with E-state index in [0.29, 0.717) is 17.2 Å². The van der Waals surface area contributed by atoms with E-state index >= 15 is 0 Å². The lowest BCUT2D eigenvalue weighted by atomic mass is 10.1. The van der Waals surface area contributed by atoms with E-state index < -0.39 is 5.97 Å². The number of fused-ring (bicyclic) bond motifs is 1. The smallest absolute Gasteiger partial charge is 0.356 e. The number of aryl methyl sites for hydroxylation is 2. The molecule has 0 aliphatic rings. The van der Waals surface area contributed by atoms with Crippen LogP contribution in [0.4, 0.5) is 0 Å². The monoisotopic (exact) mass is 395 g/mol. The number of pyridine rings is 1. The van der Waals surface area contributed by atoms with Crippen LogP contribution < -0.4 is 0 Å². The predicted molar refractivity (Wildman–Crippen MR) is 107 cm³/mol. The first-order chi connectivity index (χ1) is 13.5. The third-order valence-electron chi connectivity index (χ3n) is 4.67. The highest BCUT2D eigenvalue weighted by molar-refractivity contribution is 6.31. The fraction of sp³-hybridized carbons (Fsp3) is 0.190. The third kappa shape index (κ3) is 3.16. The fourth-order valence-electron chi connectivity index (χ4n) is 3.19. The van der Waals surface area contributed by atoms with Gasteiger partial charge in [0.25, 0.3) is 0 Å². The van der Waals surface area contributed by atoms with Gasteiger partial charge >= 0.3 is 5.97 Å². The second-order valence-corrected chi connectivity index (χ2v) is 6.92. The molecule has 142 valence electrons. The van der Waals surface area contributed by atoms with E-state index in [1.54, 1.807) is 12.3 Å². The molecule has 0 unspecified atom stereocenters. The second-order valence-electron chi connectivity index (χ2n) is 6.52. The highest BCUT2D eigenvalue weighted by atomic mass is 35.5. The normalized spacial score (nSPS) is 11.1. The van der Waals surface area contributed by atoms with Crippen molar-refractivity contribution in [1.82, 2.24) is 14.5 Å². The van der Waals surface area contributed by atoms with Gasteiger partial charge in [0.2, 0.25) is 0 Å². The topological polar surface area (TPSA) is 70.2 Å². The molecule has 0 radical (unpaired) electrons. The van der Waals surface area contributed by atoms with E-state index in [0.717, 1.165) is 33.8 Å². The summed E-state index contributed by atoms with van der Waals surface area (Å²) >= 11 is 6.53. The van der Waals surface area contributed by atoms with Crippen LogP contribution in [-0.4, -0.2) is 27.6 Å². The largest absolute Gasteiger partial charge is 0.464 e. The average molecular weight is 396 g/mol. The van der Waals surface area contributed by atoms with Crippen LogP contribution in [0.5, 0.6) is 0 Å². The number of furan rings is 1. The molecule has 0 amide bonds. The van der Waals surface area contributed by atoms with E-state index in [1.807, 2.05) is 48.7 Å². The van der Waals surface area contributed by atoms with Crippen LogP contribution in [0, 0.1) is 13.8 Å². The Kier molecular flexibility index (Phi) is 4.65. The number of aromatic nitrogens is 3. The maximum Gasteiger partial charge on any atom is 0.356 e. The molecule has 0 bridgehead atoms. The molecule has 3 heterocycles. The molecule has 3 aromatic heterocycles. The summed E-state index contributed by atoms with van der Waals surface area (Å²) in [7, 11) is 1.34. The number of ether oxygens (including phenoxy) is 1. The first-order valence-electron chi connectivity index (χ1n) is 8.73. The molecule has 4 rings (SSSR count). The van der Waals surface area contributed by atoms with E-state index in [2.05, 4.69) is 9.97 Å². The zero-order valence-electron chi connectivity index (χ0n) is 15.7. The molecule has 6 nitrogen and oxygen atoms in total. The molecule has 4 aromatic rings. The molecule has 0 aliphatic carbocycles. The van der Waals surface area contributed by atoms with Crippen LogP contribution in [0.15, 0.2) is 47.1 Å². The van der Waals surface area contributed by atoms with Crippen molar-refractivity contribution < 1.29 is 13.9 Å². The Morgan fingerprint density at radius 1 is 1.21 bits per heavy atom. The number of imidazole rings is 1. The van der Waals surface area contributed by atoms with Gasteiger partial charge in [-0.15, -0.1) is 0 Å². The van der Waals surface area contributed by atoms with Gasteiger partial charge in [0.1, 0.15) is 17.1 Å². The number of methoxy groups -OCH3 is 1. The Labute approximate surface area is 166 Å². The highest BCUT2D eigenvalue weighted by Gasteiger charge is 2.17. The number of carbonyl (C=O) groups is 1. The highest BCUT2D eigenvalue weighted by Crippen LogP contribution is 2.28. The summed E-state index contributed by atoms with van der Waals surface area (Å²) < 4.78 is 12.2. The summed E-state index contributed by atoms with van der Waals surface area (Å²) in [5.74, 6) is 1.08. The summed E-state index contributed by atoms with van der Waals surface area (Å²) in [4.78, 5) is 21.0. The van der Waals surface area contributed by atoms with Crippen molar-refractivity contribution in [3.63, 3.8) is 0 Å².